The van der Waals surface area contributed by atoms with Gasteiger partial charge >= 0.3 is 0 Å². The summed E-state index contributed by atoms with van der Waals surface area (Å²) < 4.78 is 11.1. The van der Waals surface area contributed by atoms with Crippen molar-refractivity contribution in [2.24, 2.45) is 0 Å². The van der Waals surface area contributed by atoms with Crippen molar-refractivity contribution in [3.05, 3.63) is 46.2 Å². The quantitative estimate of drug-likeness (QED) is 0.593. The first-order valence-electron chi connectivity index (χ1n) is 8.63. The van der Waals surface area contributed by atoms with Gasteiger partial charge in [-0.2, -0.15) is 0 Å². The molecule has 1 atom stereocenters. The van der Waals surface area contributed by atoms with Crippen molar-refractivity contribution in [1.29, 1.82) is 0 Å². The van der Waals surface area contributed by atoms with Crippen LogP contribution in [0.4, 0.5) is 0 Å². The second-order valence-electron chi connectivity index (χ2n) is 7.20. The summed E-state index contributed by atoms with van der Waals surface area (Å²) in [5, 5.41) is 0. The Hall–Kier alpha value is -2.20. The highest BCUT2D eigenvalue weighted by atomic mass is 16.5. The molecule has 1 unspecified atom stereocenters. The lowest BCUT2D eigenvalue weighted by atomic mass is 9.69. The van der Waals surface area contributed by atoms with Crippen LogP contribution in [-0.2, 0) is 16.6 Å². The number of ketones is 1. The summed E-state index contributed by atoms with van der Waals surface area (Å²) in [6.07, 6.45) is 5.26. The van der Waals surface area contributed by atoms with Gasteiger partial charge in [-0.25, -0.2) is 0 Å². The van der Waals surface area contributed by atoms with Crippen molar-refractivity contribution in [2.45, 2.75) is 45.4 Å². The molecule has 1 aliphatic rings. The van der Waals surface area contributed by atoms with Crippen molar-refractivity contribution in [3.8, 4) is 11.3 Å². The molecule has 3 rings (SSSR count). The molecule has 0 N–H and O–H groups in total. The number of hydrogen-bond donors (Lipinski definition) is 0. The zero-order chi connectivity index (χ0) is 18.2. The van der Waals surface area contributed by atoms with E-state index in [4.69, 9.17) is 9.15 Å². The maximum absolute atomic E-state index is 12.5. The molecule has 0 amide bonds. The molecule has 0 saturated carbocycles. The molecule has 0 saturated heterocycles. The van der Waals surface area contributed by atoms with Gasteiger partial charge in [0.05, 0.1) is 18.4 Å². The Kier molecular flexibility index (Phi) is 4.65. The summed E-state index contributed by atoms with van der Waals surface area (Å²) in [6.45, 7) is 6.22. The molecule has 1 heterocycles. The molecule has 0 fully saturated rings. The Balaban J connectivity index is 2.27. The average molecular weight is 340 g/mol. The summed E-state index contributed by atoms with van der Waals surface area (Å²) in [6, 6.07) is 3.99. The van der Waals surface area contributed by atoms with Gasteiger partial charge in [0.1, 0.15) is 5.76 Å². The van der Waals surface area contributed by atoms with Gasteiger partial charge in [0.2, 0.25) is 0 Å². The lowest BCUT2D eigenvalue weighted by Crippen LogP contribution is -2.33. The molecule has 2 aromatic rings. The van der Waals surface area contributed by atoms with Crippen LogP contribution in [0.1, 0.15) is 64.1 Å². The third kappa shape index (κ3) is 2.85. The molecule has 0 aliphatic heterocycles. The van der Waals surface area contributed by atoms with Gasteiger partial charge in [-0.15, -0.1) is 0 Å². The SMILES string of the molecule is COCC1(C)CCCc2c1ccc(-c1occ(C)c1C=O)c2C(C)=O. The number of aldehydes is 1. The molecule has 4 heteroatoms. The summed E-state index contributed by atoms with van der Waals surface area (Å²) in [5.41, 5.74) is 4.82. The summed E-state index contributed by atoms with van der Waals surface area (Å²) in [4.78, 5) is 24.0. The van der Waals surface area contributed by atoms with Crippen LogP contribution in [0.5, 0.6) is 0 Å². The average Bonchev–Trinajstić information content (AvgIpc) is 2.94. The van der Waals surface area contributed by atoms with Crippen molar-refractivity contribution in [3.63, 3.8) is 0 Å². The minimum absolute atomic E-state index is 0.000538. The number of rotatable bonds is 5. The number of aryl methyl sites for hydroxylation is 1. The summed E-state index contributed by atoms with van der Waals surface area (Å²) >= 11 is 0. The number of benzene rings is 1. The molecular weight excluding hydrogens is 316 g/mol. The first-order valence-corrected chi connectivity index (χ1v) is 8.63. The molecule has 4 nitrogen and oxygen atoms in total. The van der Waals surface area contributed by atoms with E-state index >= 15 is 0 Å². The Morgan fingerprint density at radius 1 is 1.40 bits per heavy atom. The first-order chi connectivity index (χ1) is 11.9. The largest absolute Gasteiger partial charge is 0.463 e. The van der Waals surface area contributed by atoms with Crippen molar-refractivity contribution >= 4 is 12.1 Å². The summed E-state index contributed by atoms with van der Waals surface area (Å²) in [5.74, 6) is 0.485. The topological polar surface area (TPSA) is 56.5 Å². The molecule has 0 radical (unpaired) electrons. The van der Waals surface area contributed by atoms with Crippen molar-refractivity contribution < 1.29 is 18.7 Å². The second-order valence-corrected chi connectivity index (χ2v) is 7.20. The number of hydrogen-bond acceptors (Lipinski definition) is 4. The minimum atomic E-state index is -0.0996. The summed E-state index contributed by atoms with van der Waals surface area (Å²) in [7, 11) is 1.71. The number of carbonyl (C=O) groups is 2. The van der Waals surface area contributed by atoms with E-state index in [9.17, 15) is 9.59 Å². The smallest absolute Gasteiger partial charge is 0.160 e. The van der Waals surface area contributed by atoms with Crippen LogP contribution in [0.15, 0.2) is 22.8 Å². The van der Waals surface area contributed by atoms with Gasteiger partial charge in [0.15, 0.2) is 12.1 Å². The highest BCUT2D eigenvalue weighted by molar-refractivity contribution is 6.04. The highest BCUT2D eigenvalue weighted by Gasteiger charge is 2.35. The minimum Gasteiger partial charge on any atom is -0.463 e. The zero-order valence-corrected chi connectivity index (χ0v) is 15.3. The lowest BCUT2D eigenvalue weighted by Gasteiger charge is -2.36. The zero-order valence-electron chi connectivity index (χ0n) is 15.3. The van der Waals surface area contributed by atoms with E-state index < -0.39 is 0 Å². The van der Waals surface area contributed by atoms with Gasteiger partial charge < -0.3 is 9.15 Å². The van der Waals surface area contributed by atoms with Crippen LogP contribution in [0.3, 0.4) is 0 Å². The predicted octanol–water partition coefficient (Wildman–Crippen LogP) is 4.51. The molecule has 1 aromatic carbocycles. The molecule has 1 aromatic heterocycles. The fourth-order valence-corrected chi connectivity index (χ4v) is 4.13. The van der Waals surface area contributed by atoms with E-state index in [0.29, 0.717) is 29.1 Å². The van der Waals surface area contributed by atoms with Crippen LogP contribution < -0.4 is 0 Å². The third-order valence-electron chi connectivity index (χ3n) is 5.32. The third-order valence-corrected chi connectivity index (χ3v) is 5.32. The van der Waals surface area contributed by atoms with Crippen molar-refractivity contribution in [1.82, 2.24) is 0 Å². The highest BCUT2D eigenvalue weighted by Crippen LogP contribution is 2.42. The van der Waals surface area contributed by atoms with Crippen LogP contribution in [0.25, 0.3) is 11.3 Å². The number of Topliss-reactive ketones (excluding diaryl/α,β-unsaturated/α-hetero) is 1. The molecular formula is C21H24O4. The van der Waals surface area contributed by atoms with Crippen molar-refractivity contribution in [2.75, 3.05) is 13.7 Å². The van der Waals surface area contributed by atoms with Crippen LogP contribution in [0, 0.1) is 6.92 Å². The monoisotopic (exact) mass is 340 g/mol. The predicted molar refractivity (Wildman–Crippen MR) is 96.4 cm³/mol. The molecule has 0 spiro atoms. The maximum Gasteiger partial charge on any atom is 0.160 e. The van der Waals surface area contributed by atoms with Gasteiger partial charge in [0, 0.05) is 23.7 Å². The van der Waals surface area contributed by atoms with Gasteiger partial charge in [-0.05, 0) is 49.8 Å². The molecule has 25 heavy (non-hydrogen) atoms. The van der Waals surface area contributed by atoms with E-state index in [1.165, 1.54) is 5.56 Å². The molecule has 1 aliphatic carbocycles. The Labute approximate surface area is 148 Å². The standard InChI is InChI=1S/C21H24O4/c1-13-11-25-20(17(13)10-22)16-7-8-18-15(19(16)14(2)23)6-5-9-21(18,3)12-24-4/h7-8,10-11H,5-6,9,12H2,1-4H3. The van der Waals surface area contributed by atoms with E-state index in [0.717, 1.165) is 36.7 Å². The van der Waals surface area contributed by atoms with E-state index in [1.54, 1.807) is 20.3 Å². The van der Waals surface area contributed by atoms with Crippen LogP contribution in [-0.4, -0.2) is 25.8 Å². The number of methoxy groups -OCH3 is 1. The number of carbonyl (C=O) groups excluding carboxylic acids is 2. The van der Waals surface area contributed by atoms with Gasteiger partial charge in [-0.1, -0.05) is 19.1 Å². The number of furan rings is 1. The lowest BCUT2D eigenvalue weighted by molar-refractivity contribution is 0.101. The van der Waals surface area contributed by atoms with E-state index in [1.807, 2.05) is 13.0 Å². The number of fused-ring (bicyclic) bond motifs is 1. The number of ether oxygens (including phenoxy) is 1. The fraction of sp³-hybridized carbons (Fsp3) is 0.429. The van der Waals surface area contributed by atoms with Crippen LogP contribution >= 0.6 is 0 Å². The Morgan fingerprint density at radius 2 is 2.16 bits per heavy atom. The van der Waals surface area contributed by atoms with E-state index in [2.05, 4.69) is 13.0 Å². The van der Waals surface area contributed by atoms with Crippen LogP contribution in [0.2, 0.25) is 0 Å². The first kappa shape index (κ1) is 17.6. The Morgan fingerprint density at radius 3 is 2.80 bits per heavy atom. The molecule has 0 bridgehead atoms. The van der Waals surface area contributed by atoms with E-state index in [-0.39, 0.29) is 11.2 Å². The van der Waals surface area contributed by atoms with Gasteiger partial charge in [0.25, 0.3) is 0 Å². The fourth-order valence-electron chi connectivity index (χ4n) is 4.13. The maximum atomic E-state index is 12.5. The normalized spacial score (nSPS) is 19.5. The van der Waals surface area contributed by atoms with Gasteiger partial charge in [-0.3, -0.25) is 9.59 Å². The second kappa shape index (κ2) is 6.60. The molecule has 132 valence electrons. The Bertz CT molecular complexity index is 831.